The van der Waals surface area contributed by atoms with E-state index in [0.717, 1.165) is 31.5 Å². The molecule has 2 aromatic rings. The van der Waals surface area contributed by atoms with Gasteiger partial charge in [-0.05, 0) is 58.6 Å². The van der Waals surface area contributed by atoms with Gasteiger partial charge in [0.2, 0.25) is 0 Å². The number of aromatic amines is 1. The first kappa shape index (κ1) is 25.3. The highest BCUT2D eigenvalue weighted by Crippen LogP contribution is 2.28. The van der Waals surface area contributed by atoms with E-state index in [-0.39, 0.29) is 30.6 Å². The van der Waals surface area contributed by atoms with Crippen LogP contribution in [0.2, 0.25) is 0 Å². The molecule has 1 aliphatic heterocycles. The van der Waals surface area contributed by atoms with Crippen LogP contribution < -0.4 is 10.1 Å². The van der Waals surface area contributed by atoms with Crippen molar-refractivity contribution in [2.24, 2.45) is 0 Å². The Kier molecular flexibility index (Phi) is 8.36. The third-order valence-electron chi connectivity index (χ3n) is 6.03. The lowest BCUT2D eigenvalue weighted by atomic mass is 10.0. The topological polar surface area (TPSA) is 101 Å². The van der Waals surface area contributed by atoms with Gasteiger partial charge in [0.15, 0.2) is 6.61 Å². The number of amides is 2. The van der Waals surface area contributed by atoms with Crippen LogP contribution in [0, 0.1) is 13.8 Å². The van der Waals surface area contributed by atoms with Crippen molar-refractivity contribution in [1.82, 2.24) is 15.2 Å². The summed E-state index contributed by atoms with van der Waals surface area (Å²) < 4.78 is 11.2. The van der Waals surface area contributed by atoms with E-state index in [2.05, 4.69) is 10.3 Å². The average molecular weight is 470 g/mol. The lowest BCUT2D eigenvalue weighted by Crippen LogP contribution is -2.33. The lowest BCUT2D eigenvalue weighted by Gasteiger charge is -2.21. The number of carbonyl (C=O) groups excluding carboxylic acids is 3. The Balaban J connectivity index is 1.75. The van der Waals surface area contributed by atoms with E-state index in [4.69, 9.17) is 9.47 Å². The highest BCUT2D eigenvalue weighted by Gasteiger charge is 2.26. The Labute approximate surface area is 201 Å². The second-order valence-corrected chi connectivity index (χ2v) is 8.93. The first-order chi connectivity index (χ1) is 16.2. The average Bonchev–Trinajstić information content (AvgIpc) is 3.43. The van der Waals surface area contributed by atoms with Crippen molar-refractivity contribution in [1.29, 1.82) is 0 Å². The number of para-hydroxylation sites is 1. The number of rotatable bonds is 9. The van der Waals surface area contributed by atoms with Crippen LogP contribution >= 0.6 is 0 Å². The number of hydrogen-bond acceptors (Lipinski definition) is 5. The maximum atomic E-state index is 13.2. The molecule has 0 radical (unpaired) electrons. The number of nitrogens with zero attached hydrogens (tertiary/aromatic N) is 1. The van der Waals surface area contributed by atoms with E-state index >= 15 is 0 Å². The Morgan fingerprint density at radius 2 is 1.79 bits per heavy atom. The number of ether oxygens (including phenoxy) is 2. The van der Waals surface area contributed by atoms with Crippen molar-refractivity contribution in [2.45, 2.75) is 66.0 Å². The van der Waals surface area contributed by atoms with Crippen LogP contribution in [0.4, 0.5) is 0 Å². The van der Waals surface area contributed by atoms with Gasteiger partial charge < -0.3 is 24.7 Å². The van der Waals surface area contributed by atoms with Crippen LogP contribution in [0.5, 0.6) is 5.75 Å². The van der Waals surface area contributed by atoms with Gasteiger partial charge in [0, 0.05) is 24.3 Å². The van der Waals surface area contributed by atoms with Crippen LogP contribution in [0.1, 0.15) is 83.7 Å². The molecule has 2 amide bonds. The number of H-pyrrole nitrogens is 1. The second kappa shape index (κ2) is 11.2. The Bertz CT molecular complexity index is 1040. The smallest absolute Gasteiger partial charge is 0.340 e. The van der Waals surface area contributed by atoms with E-state index in [0.29, 0.717) is 34.7 Å². The standard InChI is InChI=1S/C26H35N3O5/c1-6-20(19-11-7-8-12-21(19)33-15-22(30)29-13-9-10-14-29)28-25(31)24-17(4)23(18(5)27-24)26(32)34-16(2)3/h7-8,11-12,16,20,27H,6,9-10,13-15H2,1-5H3,(H,28,31). The van der Waals surface area contributed by atoms with Crippen molar-refractivity contribution in [3.8, 4) is 5.75 Å². The summed E-state index contributed by atoms with van der Waals surface area (Å²) >= 11 is 0. The summed E-state index contributed by atoms with van der Waals surface area (Å²) in [6, 6.07) is 7.09. The molecule has 8 heteroatoms. The largest absolute Gasteiger partial charge is 0.483 e. The number of esters is 1. The van der Waals surface area contributed by atoms with E-state index < -0.39 is 5.97 Å². The maximum absolute atomic E-state index is 13.2. The number of benzene rings is 1. The van der Waals surface area contributed by atoms with Crippen molar-refractivity contribution >= 4 is 17.8 Å². The number of aryl methyl sites for hydroxylation is 1. The summed E-state index contributed by atoms with van der Waals surface area (Å²) in [4.78, 5) is 42.9. The Morgan fingerprint density at radius 3 is 2.44 bits per heavy atom. The number of likely N-dealkylation sites (tertiary alicyclic amines) is 1. The van der Waals surface area contributed by atoms with E-state index in [9.17, 15) is 14.4 Å². The van der Waals surface area contributed by atoms with E-state index in [1.54, 1.807) is 27.7 Å². The van der Waals surface area contributed by atoms with Crippen LogP contribution in [-0.2, 0) is 9.53 Å². The number of hydrogen-bond donors (Lipinski definition) is 2. The fourth-order valence-electron chi connectivity index (χ4n) is 4.28. The summed E-state index contributed by atoms with van der Waals surface area (Å²) in [6.07, 6.45) is 2.42. The molecule has 1 atom stereocenters. The molecule has 1 aliphatic rings. The van der Waals surface area contributed by atoms with Gasteiger partial charge in [0.1, 0.15) is 11.4 Å². The molecular formula is C26H35N3O5. The van der Waals surface area contributed by atoms with Gasteiger partial charge in [-0.15, -0.1) is 0 Å². The maximum Gasteiger partial charge on any atom is 0.340 e. The summed E-state index contributed by atoms with van der Waals surface area (Å²) in [5.41, 5.74) is 2.65. The molecule has 184 valence electrons. The van der Waals surface area contributed by atoms with Gasteiger partial charge in [-0.25, -0.2) is 4.79 Å². The van der Waals surface area contributed by atoms with Crippen molar-refractivity contribution < 1.29 is 23.9 Å². The fraction of sp³-hybridized carbons (Fsp3) is 0.500. The number of nitrogens with one attached hydrogen (secondary N) is 2. The molecule has 0 aliphatic carbocycles. The fourth-order valence-corrected chi connectivity index (χ4v) is 4.28. The molecule has 1 fully saturated rings. The molecular weight excluding hydrogens is 434 g/mol. The van der Waals surface area contributed by atoms with Crippen molar-refractivity contribution in [3.05, 3.63) is 52.3 Å². The van der Waals surface area contributed by atoms with Crippen LogP contribution in [0.15, 0.2) is 24.3 Å². The molecule has 2 N–H and O–H groups in total. The minimum absolute atomic E-state index is 0.0253. The Morgan fingerprint density at radius 1 is 1.12 bits per heavy atom. The van der Waals surface area contributed by atoms with Gasteiger partial charge in [-0.1, -0.05) is 25.1 Å². The first-order valence-electron chi connectivity index (χ1n) is 11.9. The van der Waals surface area contributed by atoms with E-state index in [1.165, 1.54) is 0 Å². The summed E-state index contributed by atoms with van der Waals surface area (Å²) in [7, 11) is 0. The molecule has 8 nitrogen and oxygen atoms in total. The molecule has 1 aromatic heterocycles. The zero-order valence-corrected chi connectivity index (χ0v) is 20.7. The van der Waals surface area contributed by atoms with Crippen molar-refractivity contribution in [2.75, 3.05) is 19.7 Å². The van der Waals surface area contributed by atoms with E-state index in [1.807, 2.05) is 36.1 Å². The van der Waals surface area contributed by atoms with Gasteiger partial charge >= 0.3 is 5.97 Å². The molecule has 2 heterocycles. The number of aromatic nitrogens is 1. The van der Waals surface area contributed by atoms with Crippen LogP contribution in [0.3, 0.4) is 0 Å². The Hall–Kier alpha value is -3.29. The summed E-state index contributed by atoms with van der Waals surface area (Å²) in [5, 5.41) is 3.05. The number of carbonyl (C=O) groups is 3. The molecule has 3 rings (SSSR count). The molecule has 34 heavy (non-hydrogen) atoms. The van der Waals surface area contributed by atoms with Gasteiger partial charge in [0.25, 0.3) is 11.8 Å². The lowest BCUT2D eigenvalue weighted by molar-refractivity contribution is -0.132. The predicted octanol–water partition coefficient (Wildman–Crippen LogP) is 4.08. The van der Waals surface area contributed by atoms with Crippen LogP contribution in [-0.4, -0.2) is 53.5 Å². The molecule has 0 spiro atoms. The van der Waals surface area contributed by atoms with Gasteiger partial charge in [-0.3, -0.25) is 9.59 Å². The third-order valence-corrected chi connectivity index (χ3v) is 6.03. The third kappa shape index (κ3) is 5.79. The molecule has 1 aromatic carbocycles. The van der Waals surface area contributed by atoms with Gasteiger partial charge in [-0.2, -0.15) is 0 Å². The zero-order chi connectivity index (χ0) is 24.8. The molecule has 1 saturated heterocycles. The molecule has 0 bridgehead atoms. The second-order valence-electron chi connectivity index (χ2n) is 8.93. The highest BCUT2D eigenvalue weighted by atomic mass is 16.5. The zero-order valence-electron chi connectivity index (χ0n) is 20.7. The molecule has 0 saturated carbocycles. The normalized spacial score (nSPS) is 14.2. The summed E-state index contributed by atoms with van der Waals surface area (Å²) in [5.74, 6) is -0.224. The van der Waals surface area contributed by atoms with Crippen LogP contribution in [0.25, 0.3) is 0 Å². The monoisotopic (exact) mass is 469 g/mol. The quantitative estimate of drug-likeness (QED) is 0.539. The summed E-state index contributed by atoms with van der Waals surface area (Å²) in [6.45, 7) is 10.5. The SMILES string of the molecule is CCC(NC(=O)c1[nH]c(C)c(C(=O)OC(C)C)c1C)c1ccccc1OCC(=O)N1CCCC1. The van der Waals surface area contributed by atoms with Gasteiger partial charge in [0.05, 0.1) is 17.7 Å². The minimum Gasteiger partial charge on any atom is -0.483 e. The highest BCUT2D eigenvalue weighted by molar-refractivity contribution is 6.00. The predicted molar refractivity (Wildman–Crippen MR) is 129 cm³/mol. The molecule has 1 unspecified atom stereocenters. The van der Waals surface area contributed by atoms with Crippen molar-refractivity contribution in [3.63, 3.8) is 0 Å². The minimum atomic E-state index is -0.450. The first-order valence-corrected chi connectivity index (χ1v) is 11.9.